The van der Waals surface area contributed by atoms with Crippen LogP contribution in [-0.4, -0.2) is 46.6 Å². The van der Waals surface area contributed by atoms with Gasteiger partial charge in [0.15, 0.2) is 0 Å². The first-order valence-electron chi connectivity index (χ1n) is 12.0. The number of halogens is 1. The van der Waals surface area contributed by atoms with E-state index in [1.54, 1.807) is 12.1 Å². The number of carbonyl (C=O) groups excluding carboxylic acids is 1. The van der Waals surface area contributed by atoms with Crippen LogP contribution in [0, 0.1) is 18.7 Å². The van der Waals surface area contributed by atoms with Crippen molar-refractivity contribution in [1.82, 2.24) is 25.5 Å². The fourth-order valence-corrected chi connectivity index (χ4v) is 5.29. The van der Waals surface area contributed by atoms with Gasteiger partial charge in [0, 0.05) is 42.9 Å². The lowest BCUT2D eigenvalue weighted by atomic mass is 9.74. The zero-order valence-electron chi connectivity index (χ0n) is 19.4. The van der Waals surface area contributed by atoms with Gasteiger partial charge < -0.3 is 10.6 Å². The number of nitrogens with one attached hydrogen (secondary N) is 2. The summed E-state index contributed by atoms with van der Waals surface area (Å²) in [6.07, 6.45) is 2.18. The zero-order chi connectivity index (χ0) is 23.5. The molecule has 176 valence electrons. The number of rotatable bonds is 6. The van der Waals surface area contributed by atoms with Gasteiger partial charge in [0.2, 0.25) is 0 Å². The van der Waals surface area contributed by atoms with E-state index in [9.17, 15) is 9.18 Å². The maximum Gasteiger partial charge on any atom is 0.315 e. The molecule has 4 heterocycles. The van der Waals surface area contributed by atoms with Crippen LogP contribution < -0.4 is 10.6 Å². The third-order valence-electron chi connectivity index (χ3n) is 7.05. The van der Waals surface area contributed by atoms with Crippen molar-refractivity contribution in [2.24, 2.45) is 5.92 Å². The third kappa shape index (κ3) is 5.09. The van der Waals surface area contributed by atoms with Gasteiger partial charge in [0.05, 0.1) is 5.69 Å². The molecule has 4 unspecified atom stereocenters. The van der Waals surface area contributed by atoms with Crippen molar-refractivity contribution < 1.29 is 9.18 Å². The zero-order valence-corrected chi connectivity index (χ0v) is 19.4. The third-order valence-corrected chi connectivity index (χ3v) is 7.05. The van der Waals surface area contributed by atoms with Crippen LogP contribution in [0.15, 0.2) is 60.7 Å². The molecule has 34 heavy (non-hydrogen) atoms. The highest BCUT2D eigenvalue weighted by atomic mass is 19.1. The average molecular weight is 460 g/mol. The number of benzene rings is 2. The lowest BCUT2D eigenvalue weighted by Crippen LogP contribution is -2.56. The van der Waals surface area contributed by atoms with Crippen LogP contribution in [0.4, 0.5) is 9.18 Å². The smallest absolute Gasteiger partial charge is 0.315 e. The number of piperidine rings is 3. The van der Waals surface area contributed by atoms with E-state index in [-0.39, 0.29) is 11.8 Å². The van der Waals surface area contributed by atoms with Gasteiger partial charge in [-0.05, 0) is 68.1 Å². The molecule has 3 aromatic rings. The highest BCUT2D eigenvalue weighted by Gasteiger charge is 2.41. The number of hydrogen-bond donors (Lipinski definition) is 2. The minimum atomic E-state index is -0.249. The van der Waals surface area contributed by atoms with E-state index in [0.717, 1.165) is 54.3 Å². The normalized spacial score (nSPS) is 23.5. The Morgan fingerprint density at radius 3 is 2.62 bits per heavy atom. The van der Waals surface area contributed by atoms with Crippen LogP contribution in [-0.2, 0) is 6.54 Å². The molecular formula is C27H30FN5O. The fraction of sp³-hybridized carbons (Fsp3) is 0.370. The lowest BCUT2D eigenvalue weighted by Gasteiger charge is -2.49. The molecule has 2 N–H and O–H groups in total. The molecule has 0 spiro atoms. The van der Waals surface area contributed by atoms with Gasteiger partial charge in [-0.25, -0.2) is 19.2 Å². The molecule has 2 bridgehead atoms. The summed E-state index contributed by atoms with van der Waals surface area (Å²) in [6.45, 7) is 5.07. The van der Waals surface area contributed by atoms with Crippen molar-refractivity contribution in [3.05, 3.63) is 83.6 Å². The quantitative estimate of drug-likeness (QED) is 0.578. The molecule has 3 aliphatic heterocycles. The summed E-state index contributed by atoms with van der Waals surface area (Å²) >= 11 is 0. The molecule has 6 nitrogen and oxygen atoms in total. The summed E-state index contributed by atoms with van der Waals surface area (Å²) in [5.41, 5.74) is 3.89. The Hall–Kier alpha value is -3.32. The van der Waals surface area contributed by atoms with Gasteiger partial charge in [0.1, 0.15) is 11.6 Å². The molecule has 0 radical (unpaired) electrons. The van der Waals surface area contributed by atoms with Gasteiger partial charge in [-0.1, -0.05) is 30.3 Å². The van der Waals surface area contributed by atoms with Crippen molar-refractivity contribution in [2.45, 2.75) is 38.3 Å². The predicted molar refractivity (Wildman–Crippen MR) is 130 cm³/mol. The Bertz CT molecular complexity index is 1140. The van der Waals surface area contributed by atoms with Crippen LogP contribution in [0.25, 0.3) is 11.3 Å². The van der Waals surface area contributed by atoms with Crippen molar-refractivity contribution >= 4 is 6.03 Å². The number of hydrogen-bond acceptors (Lipinski definition) is 4. The second-order valence-electron chi connectivity index (χ2n) is 9.32. The van der Waals surface area contributed by atoms with Crippen LogP contribution >= 0.6 is 0 Å². The number of carbonyl (C=O) groups is 1. The summed E-state index contributed by atoms with van der Waals surface area (Å²) in [5, 5.41) is 6.00. The minimum absolute atomic E-state index is 0.126. The number of nitrogens with zero attached hydrogens (tertiary/aromatic N) is 3. The topological polar surface area (TPSA) is 70.2 Å². The Morgan fingerprint density at radius 2 is 1.88 bits per heavy atom. The number of urea groups is 1. The van der Waals surface area contributed by atoms with Crippen LogP contribution in [0.5, 0.6) is 0 Å². The minimum Gasteiger partial charge on any atom is -0.337 e. The molecule has 2 amide bonds. The van der Waals surface area contributed by atoms with Gasteiger partial charge in [-0.3, -0.25) is 4.90 Å². The Balaban J connectivity index is 1.20. The molecule has 4 atom stereocenters. The van der Waals surface area contributed by atoms with Crippen molar-refractivity contribution in [3.8, 4) is 11.3 Å². The van der Waals surface area contributed by atoms with E-state index in [2.05, 4.69) is 26.6 Å². The summed E-state index contributed by atoms with van der Waals surface area (Å²) in [6, 6.07) is 18.7. The highest BCUT2D eigenvalue weighted by Crippen LogP contribution is 2.41. The maximum atomic E-state index is 13.4. The van der Waals surface area contributed by atoms with Gasteiger partial charge in [-0.2, -0.15) is 0 Å². The first-order chi connectivity index (χ1) is 16.5. The summed E-state index contributed by atoms with van der Waals surface area (Å²) in [5.74, 6) is 1.36. The lowest BCUT2D eigenvalue weighted by molar-refractivity contribution is 0.0305. The van der Waals surface area contributed by atoms with Crippen molar-refractivity contribution in [3.63, 3.8) is 0 Å². The van der Waals surface area contributed by atoms with Crippen LogP contribution in [0.2, 0.25) is 0 Å². The molecule has 3 fully saturated rings. The van der Waals surface area contributed by atoms with Gasteiger partial charge in [0.25, 0.3) is 0 Å². The monoisotopic (exact) mass is 459 g/mol. The first-order valence-corrected chi connectivity index (χ1v) is 12.0. The van der Waals surface area contributed by atoms with E-state index in [1.807, 2.05) is 37.3 Å². The Morgan fingerprint density at radius 1 is 1.09 bits per heavy atom. The number of aryl methyl sites for hydroxylation is 1. The molecule has 7 heteroatoms. The van der Waals surface area contributed by atoms with Gasteiger partial charge in [-0.15, -0.1) is 0 Å². The van der Waals surface area contributed by atoms with E-state index in [1.165, 1.54) is 12.1 Å². The molecule has 2 aromatic carbocycles. The molecular weight excluding hydrogens is 429 g/mol. The molecule has 3 aliphatic rings. The van der Waals surface area contributed by atoms with Crippen LogP contribution in [0.1, 0.15) is 35.8 Å². The standard InChI is InChI=1S/C27H30FN5O/c1-18-31-25(20-7-9-22(28)10-8-20)14-26(32-18)24-17-33-12-11-21(24)13-23(33)16-30-27(34)29-15-19-5-3-2-4-6-19/h2-10,14,21,23-24H,11-13,15-17H2,1H3,(H2,29,30,34). The maximum absolute atomic E-state index is 13.4. The fourth-order valence-electron chi connectivity index (χ4n) is 5.29. The molecule has 0 aliphatic carbocycles. The van der Waals surface area contributed by atoms with Crippen molar-refractivity contribution in [1.29, 1.82) is 0 Å². The summed E-state index contributed by atoms with van der Waals surface area (Å²) in [4.78, 5) is 24.2. The first kappa shape index (κ1) is 22.5. The van der Waals surface area contributed by atoms with Gasteiger partial charge >= 0.3 is 6.03 Å². The second-order valence-corrected chi connectivity index (χ2v) is 9.32. The Labute approximate surface area is 199 Å². The van der Waals surface area contributed by atoms with E-state index in [4.69, 9.17) is 4.98 Å². The molecule has 6 rings (SSSR count). The molecule has 1 aromatic heterocycles. The SMILES string of the molecule is Cc1nc(-c2ccc(F)cc2)cc(C2CN3CCC2CC3CNC(=O)NCc2ccccc2)n1. The largest absolute Gasteiger partial charge is 0.337 e. The van der Waals surface area contributed by atoms with Crippen molar-refractivity contribution in [2.75, 3.05) is 19.6 Å². The second kappa shape index (κ2) is 9.89. The Kier molecular flexibility index (Phi) is 6.54. The number of aromatic nitrogens is 2. The number of amides is 2. The van der Waals surface area contributed by atoms with Crippen LogP contribution in [0.3, 0.4) is 0 Å². The van der Waals surface area contributed by atoms with E-state index in [0.29, 0.717) is 31.0 Å². The highest BCUT2D eigenvalue weighted by molar-refractivity contribution is 5.73. The summed E-state index contributed by atoms with van der Waals surface area (Å²) < 4.78 is 13.4. The average Bonchev–Trinajstić information content (AvgIpc) is 2.87. The molecule has 3 saturated heterocycles. The van der Waals surface area contributed by atoms with E-state index < -0.39 is 0 Å². The summed E-state index contributed by atoms with van der Waals surface area (Å²) in [7, 11) is 0. The number of fused-ring (bicyclic) bond motifs is 3. The predicted octanol–water partition coefficient (Wildman–Crippen LogP) is 4.27. The molecule has 0 saturated carbocycles. The van der Waals surface area contributed by atoms with E-state index >= 15 is 0 Å².